The maximum absolute atomic E-state index is 6.36. The van der Waals surface area contributed by atoms with E-state index in [4.69, 9.17) is 8.83 Å². The van der Waals surface area contributed by atoms with E-state index in [0.29, 0.717) is 0 Å². The summed E-state index contributed by atoms with van der Waals surface area (Å²) in [5.41, 5.74) is 12.3. The number of furan rings is 2. The second-order valence-corrected chi connectivity index (χ2v) is 14.1. The number of rotatable bonds is 7. The largest absolute Gasteiger partial charge is 0.456 e. The van der Waals surface area contributed by atoms with Crippen LogP contribution in [0.1, 0.15) is 0 Å². The molecule has 0 amide bonds. The summed E-state index contributed by atoms with van der Waals surface area (Å²) in [4.78, 5) is 4.68. The Bertz CT molecular complexity index is 3200. The summed E-state index contributed by atoms with van der Waals surface area (Å²) >= 11 is 0. The molecule has 2 heterocycles. The molecule has 56 heavy (non-hydrogen) atoms. The van der Waals surface area contributed by atoms with Crippen LogP contribution >= 0.6 is 0 Å². The molecule has 4 nitrogen and oxygen atoms in total. The number of para-hydroxylation sites is 4. The topological polar surface area (TPSA) is 32.8 Å². The molecule has 0 spiro atoms. The molecular formula is C52H34N2O2. The lowest BCUT2D eigenvalue weighted by Gasteiger charge is -2.28. The van der Waals surface area contributed by atoms with Gasteiger partial charge in [0.1, 0.15) is 22.3 Å². The van der Waals surface area contributed by atoms with Crippen molar-refractivity contribution >= 4 is 88.8 Å². The molecule has 0 aliphatic heterocycles. The molecular weight excluding hydrogens is 685 g/mol. The van der Waals surface area contributed by atoms with Crippen molar-refractivity contribution in [2.75, 3.05) is 9.80 Å². The Labute approximate surface area is 323 Å². The van der Waals surface area contributed by atoms with Gasteiger partial charge in [0.05, 0.1) is 16.8 Å². The van der Waals surface area contributed by atoms with Gasteiger partial charge in [-0.25, -0.2) is 0 Å². The first kappa shape index (κ1) is 31.9. The number of nitrogens with zero attached hydrogens (tertiary/aromatic N) is 2. The third-order valence-corrected chi connectivity index (χ3v) is 10.8. The van der Waals surface area contributed by atoms with Crippen molar-refractivity contribution in [3.63, 3.8) is 0 Å². The van der Waals surface area contributed by atoms with Crippen LogP contribution in [0.5, 0.6) is 0 Å². The summed E-state index contributed by atoms with van der Waals surface area (Å²) in [5, 5.41) is 6.75. The highest BCUT2D eigenvalue weighted by Gasteiger charge is 2.22. The zero-order valence-electron chi connectivity index (χ0n) is 30.3. The SMILES string of the molecule is c1ccc(N(c2ccc(-c3ccc(N(c4ccccc4)c4cccc5oc6ccccc6c45)c4ccccc34)cc2)c2ccc3oc4ccccc4c3c2)cc1. The summed E-state index contributed by atoms with van der Waals surface area (Å²) in [5.74, 6) is 0. The zero-order chi connectivity index (χ0) is 37.0. The van der Waals surface area contributed by atoms with Crippen LogP contribution in [0, 0.1) is 0 Å². The normalized spacial score (nSPS) is 11.6. The van der Waals surface area contributed by atoms with Gasteiger partial charge in [-0.1, -0.05) is 121 Å². The van der Waals surface area contributed by atoms with Gasteiger partial charge in [-0.2, -0.15) is 0 Å². The van der Waals surface area contributed by atoms with Crippen molar-refractivity contribution in [1.82, 2.24) is 0 Å². The number of fused-ring (bicyclic) bond motifs is 7. The molecule has 11 aromatic rings. The van der Waals surface area contributed by atoms with Crippen LogP contribution in [0.25, 0.3) is 65.8 Å². The Kier molecular flexibility index (Phi) is 7.46. The number of benzene rings is 9. The summed E-state index contributed by atoms with van der Waals surface area (Å²) < 4.78 is 12.5. The quantitative estimate of drug-likeness (QED) is 0.164. The standard InChI is InChI=1S/C52H34N2O2/c1-3-14-36(15-4-1)53(39-30-33-50-45(34-39)43-20-9-11-23-48(43)55-50)38-28-26-35(27-29-38)40-31-32-46(42-19-8-7-18-41(40)42)54(37-16-5-2-6-17-37)47-22-13-25-51-52(47)44-21-10-12-24-49(44)56-51/h1-34H. The van der Waals surface area contributed by atoms with E-state index in [2.05, 4.69) is 192 Å². The molecule has 0 saturated carbocycles. The van der Waals surface area contributed by atoms with Crippen LogP contribution in [-0.4, -0.2) is 0 Å². The molecule has 0 aliphatic carbocycles. The molecule has 264 valence electrons. The van der Waals surface area contributed by atoms with Crippen molar-refractivity contribution in [1.29, 1.82) is 0 Å². The van der Waals surface area contributed by atoms with Crippen LogP contribution in [0.15, 0.2) is 215 Å². The molecule has 9 aromatic carbocycles. The maximum Gasteiger partial charge on any atom is 0.137 e. The molecule has 0 saturated heterocycles. The lowest BCUT2D eigenvalue weighted by molar-refractivity contribution is 0.668. The molecule has 0 bridgehead atoms. The maximum atomic E-state index is 6.36. The average molecular weight is 719 g/mol. The Morgan fingerprint density at radius 1 is 0.286 bits per heavy atom. The van der Waals surface area contributed by atoms with E-state index in [1.165, 1.54) is 10.9 Å². The number of anilines is 6. The van der Waals surface area contributed by atoms with Crippen molar-refractivity contribution < 1.29 is 8.83 Å². The van der Waals surface area contributed by atoms with Crippen molar-refractivity contribution in [2.45, 2.75) is 0 Å². The van der Waals surface area contributed by atoms with E-state index >= 15 is 0 Å². The highest BCUT2D eigenvalue weighted by Crippen LogP contribution is 2.47. The molecule has 0 radical (unpaired) electrons. The monoisotopic (exact) mass is 718 g/mol. The third-order valence-electron chi connectivity index (χ3n) is 10.8. The van der Waals surface area contributed by atoms with Gasteiger partial charge in [0.25, 0.3) is 0 Å². The molecule has 2 aromatic heterocycles. The predicted molar refractivity (Wildman–Crippen MR) is 233 cm³/mol. The van der Waals surface area contributed by atoms with Crippen molar-refractivity contribution in [2.24, 2.45) is 0 Å². The van der Waals surface area contributed by atoms with Gasteiger partial charge in [-0.15, -0.1) is 0 Å². The van der Waals surface area contributed by atoms with E-state index in [1.807, 2.05) is 24.3 Å². The summed E-state index contributed by atoms with van der Waals surface area (Å²) in [6, 6.07) is 72.7. The van der Waals surface area contributed by atoms with Gasteiger partial charge in [0.15, 0.2) is 0 Å². The lowest BCUT2D eigenvalue weighted by Crippen LogP contribution is -2.11. The predicted octanol–water partition coefficient (Wildman–Crippen LogP) is 15.2. The first-order valence-electron chi connectivity index (χ1n) is 18.9. The zero-order valence-corrected chi connectivity index (χ0v) is 30.3. The van der Waals surface area contributed by atoms with Crippen LogP contribution in [0.3, 0.4) is 0 Å². The van der Waals surface area contributed by atoms with E-state index in [9.17, 15) is 0 Å². The van der Waals surface area contributed by atoms with E-state index in [0.717, 1.165) is 89.0 Å². The highest BCUT2D eigenvalue weighted by molar-refractivity contribution is 6.15. The first-order valence-corrected chi connectivity index (χ1v) is 18.9. The van der Waals surface area contributed by atoms with Crippen molar-refractivity contribution in [3.8, 4) is 11.1 Å². The van der Waals surface area contributed by atoms with E-state index in [1.54, 1.807) is 0 Å². The minimum absolute atomic E-state index is 0.869. The number of hydrogen-bond acceptors (Lipinski definition) is 4. The van der Waals surface area contributed by atoms with Gasteiger partial charge in [0.2, 0.25) is 0 Å². The van der Waals surface area contributed by atoms with Crippen LogP contribution < -0.4 is 9.80 Å². The van der Waals surface area contributed by atoms with Gasteiger partial charge >= 0.3 is 0 Å². The summed E-state index contributed by atoms with van der Waals surface area (Å²) in [6.07, 6.45) is 0. The van der Waals surface area contributed by atoms with Gasteiger partial charge < -0.3 is 18.6 Å². The van der Waals surface area contributed by atoms with Crippen molar-refractivity contribution in [3.05, 3.63) is 206 Å². The molecule has 11 rings (SSSR count). The molecule has 4 heteroatoms. The van der Waals surface area contributed by atoms with Gasteiger partial charge in [-0.3, -0.25) is 0 Å². The lowest BCUT2D eigenvalue weighted by atomic mass is 9.95. The molecule has 0 N–H and O–H groups in total. The van der Waals surface area contributed by atoms with E-state index < -0.39 is 0 Å². The minimum atomic E-state index is 0.869. The highest BCUT2D eigenvalue weighted by atomic mass is 16.3. The minimum Gasteiger partial charge on any atom is -0.456 e. The average Bonchev–Trinajstić information content (AvgIpc) is 3.84. The van der Waals surface area contributed by atoms with Gasteiger partial charge in [0, 0.05) is 44.3 Å². The second kappa shape index (κ2) is 13.1. The van der Waals surface area contributed by atoms with E-state index in [-0.39, 0.29) is 0 Å². The van der Waals surface area contributed by atoms with Crippen LogP contribution in [0.2, 0.25) is 0 Å². The van der Waals surface area contributed by atoms with Gasteiger partial charge in [-0.05, 0) is 101 Å². The Morgan fingerprint density at radius 2 is 0.821 bits per heavy atom. The second-order valence-electron chi connectivity index (χ2n) is 14.1. The summed E-state index contributed by atoms with van der Waals surface area (Å²) in [7, 11) is 0. The first-order chi connectivity index (χ1) is 27.8. The third kappa shape index (κ3) is 5.23. The summed E-state index contributed by atoms with van der Waals surface area (Å²) in [6.45, 7) is 0. The van der Waals surface area contributed by atoms with Crippen LogP contribution in [-0.2, 0) is 0 Å². The smallest absolute Gasteiger partial charge is 0.137 e. The molecule has 0 unspecified atom stereocenters. The molecule has 0 atom stereocenters. The molecule has 0 aliphatic rings. The van der Waals surface area contributed by atoms with Crippen LogP contribution in [0.4, 0.5) is 34.1 Å². The number of hydrogen-bond donors (Lipinski definition) is 0. The Hall–Kier alpha value is -7.56. The fourth-order valence-electron chi connectivity index (χ4n) is 8.32. The molecule has 0 fully saturated rings. The fraction of sp³-hybridized carbons (Fsp3) is 0. The Morgan fingerprint density at radius 3 is 1.57 bits per heavy atom. The Balaban J connectivity index is 1.04. The fourth-order valence-corrected chi connectivity index (χ4v) is 8.32.